The van der Waals surface area contributed by atoms with E-state index in [0.717, 1.165) is 29.5 Å². The zero-order valence-corrected chi connectivity index (χ0v) is 18.6. The zero-order valence-electron chi connectivity index (χ0n) is 18.6. The fourth-order valence-electron chi connectivity index (χ4n) is 4.65. The van der Waals surface area contributed by atoms with Crippen molar-refractivity contribution >= 4 is 11.8 Å². The standard InChI is InChI=1S/C25H29N5O2/c1-3-27-24(32)25(12-7-15-30(18-25)23(31)22-11-14-28-29(22)2)16-19-8-4-5-10-21(19)20-9-6-13-26-17-20/h4-6,8-11,13-14,17H,3,7,12,15-16,18H2,1-2H3,(H,27,32). The van der Waals surface area contributed by atoms with E-state index in [9.17, 15) is 9.59 Å². The number of nitrogens with zero attached hydrogens (tertiary/aromatic N) is 4. The van der Waals surface area contributed by atoms with Gasteiger partial charge in [-0.3, -0.25) is 19.3 Å². The van der Waals surface area contributed by atoms with E-state index in [-0.39, 0.29) is 11.8 Å². The molecule has 1 aliphatic heterocycles. The molecule has 32 heavy (non-hydrogen) atoms. The third-order valence-corrected chi connectivity index (χ3v) is 6.24. The van der Waals surface area contributed by atoms with Crippen LogP contribution in [0.4, 0.5) is 0 Å². The quantitative estimate of drug-likeness (QED) is 0.650. The highest BCUT2D eigenvalue weighted by atomic mass is 16.2. The molecule has 2 aromatic heterocycles. The Morgan fingerprint density at radius 2 is 1.97 bits per heavy atom. The number of benzene rings is 1. The van der Waals surface area contributed by atoms with Crippen LogP contribution in [0.15, 0.2) is 61.1 Å². The van der Waals surface area contributed by atoms with Crippen molar-refractivity contribution in [2.24, 2.45) is 12.5 Å². The van der Waals surface area contributed by atoms with E-state index in [4.69, 9.17) is 0 Å². The van der Waals surface area contributed by atoms with E-state index < -0.39 is 5.41 Å². The van der Waals surface area contributed by atoms with Crippen LogP contribution in [0.5, 0.6) is 0 Å². The van der Waals surface area contributed by atoms with Gasteiger partial charge in [-0.25, -0.2) is 0 Å². The largest absolute Gasteiger partial charge is 0.356 e. The fraction of sp³-hybridized carbons (Fsp3) is 0.360. The van der Waals surface area contributed by atoms with Gasteiger partial charge in [-0.05, 0) is 49.4 Å². The second-order valence-electron chi connectivity index (χ2n) is 8.39. The number of aryl methyl sites for hydroxylation is 1. The number of pyridine rings is 1. The maximum atomic E-state index is 13.4. The van der Waals surface area contributed by atoms with Gasteiger partial charge in [0.2, 0.25) is 5.91 Å². The van der Waals surface area contributed by atoms with Gasteiger partial charge in [0, 0.05) is 50.8 Å². The lowest BCUT2D eigenvalue weighted by molar-refractivity contribution is -0.133. The summed E-state index contributed by atoms with van der Waals surface area (Å²) in [6, 6.07) is 13.8. The van der Waals surface area contributed by atoms with Crippen LogP contribution < -0.4 is 5.32 Å². The highest BCUT2D eigenvalue weighted by molar-refractivity contribution is 5.93. The number of hydrogen-bond acceptors (Lipinski definition) is 4. The maximum absolute atomic E-state index is 13.4. The van der Waals surface area contributed by atoms with Gasteiger partial charge in [-0.2, -0.15) is 5.10 Å². The van der Waals surface area contributed by atoms with Gasteiger partial charge in [-0.1, -0.05) is 30.3 Å². The normalized spacial score (nSPS) is 18.4. The van der Waals surface area contributed by atoms with Gasteiger partial charge >= 0.3 is 0 Å². The Hall–Kier alpha value is -3.48. The number of aromatic nitrogens is 3. The Morgan fingerprint density at radius 1 is 1.12 bits per heavy atom. The molecule has 0 spiro atoms. The zero-order chi connectivity index (χ0) is 22.6. The number of hydrogen-bond donors (Lipinski definition) is 1. The molecule has 1 unspecified atom stereocenters. The van der Waals surface area contributed by atoms with E-state index >= 15 is 0 Å². The lowest BCUT2D eigenvalue weighted by atomic mass is 9.73. The lowest BCUT2D eigenvalue weighted by Gasteiger charge is -2.42. The van der Waals surface area contributed by atoms with Crippen molar-refractivity contribution in [2.45, 2.75) is 26.2 Å². The molecule has 1 aromatic carbocycles. The van der Waals surface area contributed by atoms with Crippen LogP contribution >= 0.6 is 0 Å². The summed E-state index contributed by atoms with van der Waals surface area (Å²) < 4.78 is 1.59. The molecule has 1 aliphatic rings. The van der Waals surface area contributed by atoms with Crippen LogP contribution in [0.1, 0.15) is 35.8 Å². The highest BCUT2D eigenvalue weighted by Gasteiger charge is 2.44. The van der Waals surface area contributed by atoms with Gasteiger partial charge in [0.05, 0.1) is 5.41 Å². The molecule has 2 amide bonds. The van der Waals surface area contributed by atoms with E-state index in [2.05, 4.69) is 27.5 Å². The van der Waals surface area contributed by atoms with Crippen molar-refractivity contribution in [1.82, 2.24) is 25.0 Å². The van der Waals surface area contributed by atoms with Crippen LogP contribution in [-0.4, -0.2) is 51.1 Å². The van der Waals surface area contributed by atoms with Gasteiger partial charge in [0.15, 0.2) is 0 Å². The Bertz CT molecular complexity index is 1090. The predicted molar refractivity (Wildman–Crippen MR) is 123 cm³/mol. The predicted octanol–water partition coefficient (Wildman–Crippen LogP) is 3.08. The molecule has 166 valence electrons. The topological polar surface area (TPSA) is 80.1 Å². The Balaban J connectivity index is 1.69. The van der Waals surface area contributed by atoms with Crippen molar-refractivity contribution in [2.75, 3.05) is 19.6 Å². The molecule has 0 saturated carbocycles. The molecule has 0 radical (unpaired) electrons. The third-order valence-electron chi connectivity index (χ3n) is 6.24. The Kier molecular flexibility index (Phi) is 6.35. The Labute approximate surface area is 188 Å². The summed E-state index contributed by atoms with van der Waals surface area (Å²) in [7, 11) is 1.76. The van der Waals surface area contributed by atoms with E-state index in [1.165, 1.54) is 0 Å². The first-order valence-electron chi connectivity index (χ1n) is 11.1. The first-order chi connectivity index (χ1) is 15.5. The van der Waals surface area contributed by atoms with Gasteiger partial charge < -0.3 is 10.2 Å². The molecule has 7 nitrogen and oxygen atoms in total. The fourth-order valence-corrected chi connectivity index (χ4v) is 4.65. The van der Waals surface area contributed by atoms with Crippen LogP contribution in [0.25, 0.3) is 11.1 Å². The lowest BCUT2D eigenvalue weighted by Crippen LogP contribution is -2.54. The monoisotopic (exact) mass is 431 g/mol. The van der Waals surface area contributed by atoms with E-state index in [1.54, 1.807) is 30.2 Å². The first kappa shape index (κ1) is 21.7. The van der Waals surface area contributed by atoms with Gasteiger partial charge in [0.1, 0.15) is 5.69 Å². The molecule has 1 fully saturated rings. The number of carbonyl (C=O) groups excluding carboxylic acids is 2. The first-order valence-corrected chi connectivity index (χ1v) is 11.1. The minimum atomic E-state index is -0.694. The number of nitrogens with one attached hydrogen (secondary N) is 1. The summed E-state index contributed by atoms with van der Waals surface area (Å²) in [5.74, 6) is -0.0811. The molecule has 4 rings (SSSR count). The summed E-state index contributed by atoms with van der Waals surface area (Å²) in [5.41, 5.74) is 3.02. The average molecular weight is 432 g/mol. The number of amides is 2. The second-order valence-corrected chi connectivity index (χ2v) is 8.39. The minimum Gasteiger partial charge on any atom is -0.356 e. The van der Waals surface area contributed by atoms with Crippen LogP contribution in [-0.2, 0) is 18.3 Å². The number of likely N-dealkylation sites (tertiary alicyclic amines) is 1. The average Bonchev–Trinajstić information content (AvgIpc) is 3.25. The number of piperidine rings is 1. The summed E-state index contributed by atoms with van der Waals surface area (Å²) in [4.78, 5) is 32.7. The molecule has 0 aliphatic carbocycles. The summed E-state index contributed by atoms with van der Waals surface area (Å²) in [5, 5.41) is 7.16. The third kappa shape index (κ3) is 4.28. The highest BCUT2D eigenvalue weighted by Crippen LogP contribution is 2.37. The molecule has 1 atom stereocenters. The molecule has 1 saturated heterocycles. The van der Waals surface area contributed by atoms with Crippen molar-refractivity contribution < 1.29 is 9.59 Å². The minimum absolute atomic E-state index is 0.00324. The second kappa shape index (κ2) is 9.34. The molecule has 0 bridgehead atoms. The van der Waals surface area contributed by atoms with Crippen LogP contribution in [0.3, 0.4) is 0 Å². The Morgan fingerprint density at radius 3 is 2.69 bits per heavy atom. The molecule has 3 heterocycles. The molecule has 3 aromatic rings. The number of carbonyl (C=O) groups is 2. The van der Waals surface area contributed by atoms with Crippen LogP contribution in [0.2, 0.25) is 0 Å². The van der Waals surface area contributed by atoms with Gasteiger partial charge in [-0.15, -0.1) is 0 Å². The maximum Gasteiger partial charge on any atom is 0.272 e. The van der Waals surface area contributed by atoms with Crippen LogP contribution in [0, 0.1) is 5.41 Å². The van der Waals surface area contributed by atoms with Gasteiger partial charge in [0.25, 0.3) is 5.91 Å². The SMILES string of the molecule is CCNC(=O)C1(Cc2ccccc2-c2cccnc2)CCCN(C(=O)c2ccnn2C)C1. The van der Waals surface area contributed by atoms with Crippen molar-refractivity contribution in [3.8, 4) is 11.1 Å². The molecule has 1 N–H and O–H groups in total. The van der Waals surface area contributed by atoms with E-state index in [1.807, 2.05) is 42.3 Å². The summed E-state index contributed by atoms with van der Waals surface area (Å²) >= 11 is 0. The van der Waals surface area contributed by atoms with Crippen molar-refractivity contribution in [3.05, 3.63) is 72.3 Å². The smallest absolute Gasteiger partial charge is 0.272 e. The number of rotatable bonds is 6. The molecular weight excluding hydrogens is 402 g/mol. The summed E-state index contributed by atoms with van der Waals surface area (Å²) in [6.07, 6.45) is 7.28. The van der Waals surface area contributed by atoms with Crippen molar-refractivity contribution in [1.29, 1.82) is 0 Å². The molecular formula is C25H29N5O2. The molecule has 7 heteroatoms. The van der Waals surface area contributed by atoms with E-state index in [0.29, 0.717) is 31.7 Å². The van der Waals surface area contributed by atoms with Crippen molar-refractivity contribution in [3.63, 3.8) is 0 Å². The summed E-state index contributed by atoms with van der Waals surface area (Å²) in [6.45, 7) is 3.50.